The van der Waals surface area contributed by atoms with Gasteiger partial charge in [0, 0.05) is 24.8 Å². The lowest BCUT2D eigenvalue weighted by atomic mass is 10.1. The van der Waals surface area contributed by atoms with Gasteiger partial charge in [0.05, 0.1) is 0 Å². The fraction of sp³-hybridized carbons (Fsp3) is 0.222. The first-order chi connectivity index (χ1) is 11.2. The van der Waals surface area contributed by atoms with Crippen LogP contribution in [-0.4, -0.2) is 19.0 Å². The van der Waals surface area contributed by atoms with Crippen molar-refractivity contribution in [3.05, 3.63) is 60.2 Å². The van der Waals surface area contributed by atoms with Gasteiger partial charge >= 0.3 is 6.03 Å². The van der Waals surface area contributed by atoms with Crippen molar-refractivity contribution in [2.45, 2.75) is 19.3 Å². The van der Waals surface area contributed by atoms with Crippen molar-refractivity contribution in [3.8, 4) is 0 Å². The van der Waals surface area contributed by atoms with Gasteiger partial charge in [0.25, 0.3) is 0 Å². The zero-order chi connectivity index (χ0) is 16.5. The summed E-state index contributed by atoms with van der Waals surface area (Å²) in [6.45, 7) is 0. The first-order valence-corrected chi connectivity index (χ1v) is 7.60. The quantitative estimate of drug-likeness (QED) is 0.765. The Hall–Kier alpha value is -2.82. The molecule has 0 aliphatic carbocycles. The summed E-state index contributed by atoms with van der Waals surface area (Å²) in [6.07, 6.45) is 2.18. The van der Waals surface area contributed by atoms with Gasteiger partial charge in [-0.25, -0.2) is 4.79 Å². The van der Waals surface area contributed by atoms with E-state index in [0.29, 0.717) is 12.1 Å². The number of hydrogen-bond acceptors (Lipinski definition) is 2. The molecule has 0 aromatic heterocycles. The van der Waals surface area contributed by atoms with E-state index in [1.54, 1.807) is 31.3 Å². The molecule has 120 valence electrons. The first kappa shape index (κ1) is 16.5. The highest BCUT2D eigenvalue weighted by Gasteiger charge is 2.04. The third-order valence-corrected chi connectivity index (χ3v) is 3.37. The predicted octanol–water partition coefficient (Wildman–Crippen LogP) is 3.40. The van der Waals surface area contributed by atoms with Gasteiger partial charge in [-0.2, -0.15) is 0 Å². The van der Waals surface area contributed by atoms with Crippen molar-refractivity contribution >= 4 is 23.3 Å². The van der Waals surface area contributed by atoms with Gasteiger partial charge < -0.3 is 16.0 Å². The van der Waals surface area contributed by atoms with Crippen molar-refractivity contribution in [3.63, 3.8) is 0 Å². The maximum absolute atomic E-state index is 11.9. The maximum Gasteiger partial charge on any atom is 0.318 e. The fourth-order valence-corrected chi connectivity index (χ4v) is 2.15. The number of carbonyl (C=O) groups excluding carboxylic acids is 2. The van der Waals surface area contributed by atoms with Gasteiger partial charge in [-0.3, -0.25) is 4.79 Å². The van der Waals surface area contributed by atoms with Crippen LogP contribution in [0, 0.1) is 0 Å². The Morgan fingerprint density at radius 3 is 2.09 bits per heavy atom. The molecule has 0 saturated heterocycles. The summed E-state index contributed by atoms with van der Waals surface area (Å²) >= 11 is 0. The monoisotopic (exact) mass is 311 g/mol. The van der Waals surface area contributed by atoms with Crippen LogP contribution in [0.25, 0.3) is 0 Å². The molecule has 0 aliphatic rings. The average molecular weight is 311 g/mol. The van der Waals surface area contributed by atoms with Gasteiger partial charge in [-0.1, -0.05) is 30.3 Å². The Kier molecular flexibility index (Phi) is 6.17. The molecule has 5 heteroatoms. The molecule has 2 rings (SSSR count). The number of hydrogen-bond donors (Lipinski definition) is 3. The molecule has 0 atom stereocenters. The predicted molar refractivity (Wildman–Crippen MR) is 92.5 cm³/mol. The zero-order valence-corrected chi connectivity index (χ0v) is 13.1. The van der Waals surface area contributed by atoms with E-state index in [1.165, 1.54) is 5.56 Å². The summed E-state index contributed by atoms with van der Waals surface area (Å²) < 4.78 is 0. The van der Waals surface area contributed by atoms with E-state index >= 15 is 0 Å². The van der Waals surface area contributed by atoms with Crippen molar-refractivity contribution in [2.24, 2.45) is 0 Å². The number of benzene rings is 2. The van der Waals surface area contributed by atoms with Crippen LogP contribution in [-0.2, 0) is 11.2 Å². The van der Waals surface area contributed by atoms with E-state index in [0.717, 1.165) is 18.5 Å². The van der Waals surface area contributed by atoms with Crippen LogP contribution >= 0.6 is 0 Å². The van der Waals surface area contributed by atoms with Gasteiger partial charge in [0.1, 0.15) is 0 Å². The van der Waals surface area contributed by atoms with Crippen LogP contribution in [0.15, 0.2) is 54.6 Å². The third kappa shape index (κ3) is 5.82. The summed E-state index contributed by atoms with van der Waals surface area (Å²) in [4.78, 5) is 23.1. The highest BCUT2D eigenvalue weighted by atomic mass is 16.2. The van der Waals surface area contributed by atoms with E-state index in [9.17, 15) is 9.59 Å². The average Bonchev–Trinajstić information content (AvgIpc) is 2.57. The summed E-state index contributed by atoms with van der Waals surface area (Å²) in [6, 6.07) is 16.9. The Labute approximate surface area is 136 Å². The van der Waals surface area contributed by atoms with Gasteiger partial charge in [0.15, 0.2) is 0 Å². The van der Waals surface area contributed by atoms with Crippen LogP contribution in [0.2, 0.25) is 0 Å². The fourth-order valence-electron chi connectivity index (χ4n) is 2.15. The minimum absolute atomic E-state index is 0.00654. The summed E-state index contributed by atoms with van der Waals surface area (Å²) in [5.41, 5.74) is 2.63. The lowest BCUT2D eigenvalue weighted by Gasteiger charge is -2.08. The highest BCUT2D eigenvalue weighted by molar-refractivity contribution is 5.92. The van der Waals surface area contributed by atoms with Gasteiger partial charge in [-0.15, -0.1) is 0 Å². The SMILES string of the molecule is CNC(=O)Nc1ccc(NC(=O)CCCc2ccccc2)cc1. The summed E-state index contributed by atoms with van der Waals surface area (Å²) in [5, 5.41) is 7.99. The van der Waals surface area contributed by atoms with E-state index in [4.69, 9.17) is 0 Å². The number of urea groups is 1. The van der Waals surface area contributed by atoms with Crippen molar-refractivity contribution < 1.29 is 9.59 Å². The van der Waals surface area contributed by atoms with E-state index in [-0.39, 0.29) is 11.9 Å². The number of anilines is 2. The molecule has 2 aromatic carbocycles. The molecular weight excluding hydrogens is 290 g/mol. The molecule has 0 unspecified atom stereocenters. The highest BCUT2D eigenvalue weighted by Crippen LogP contribution is 2.14. The molecule has 0 aliphatic heterocycles. The largest absolute Gasteiger partial charge is 0.341 e. The Balaban J connectivity index is 1.75. The molecule has 0 spiro atoms. The van der Waals surface area contributed by atoms with Crippen molar-refractivity contribution in [2.75, 3.05) is 17.7 Å². The zero-order valence-electron chi connectivity index (χ0n) is 13.1. The van der Waals surface area contributed by atoms with Crippen molar-refractivity contribution in [1.29, 1.82) is 0 Å². The second kappa shape index (κ2) is 8.58. The molecule has 5 nitrogen and oxygen atoms in total. The molecule has 0 fully saturated rings. The molecule has 0 bridgehead atoms. The lowest BCUT2D eigenvalue weighted by Crippen LogP contribution is -2.24. The number of nitrogens with one attached hydrogen (secondary N) is 3. The van der Waals surface area contributed by atoms with Crippen LogP contribution < -0.4 is 16.0 Å². The number of carbonyl (C=O) groups is 2. The molecule has 3 amide bonds. The number of aryl methyl sites for hydroxylation is 1. The molecule has 0 heterocycles. The summed E-state index contributed by atoms with van der Waals surface area (Å²) in [5.74, 6) is -0.00654. The molecule has 2 aromatic rings. The summed E-state index contributed by atoms with van der Waals surface area (Å²) in [7, 11) is 1.55. The standard InChI is InChI=1S/C18H21N3O2/c1-19-18(23)21-16-12-10-15(11-13-16)20-17(22)9-5-8-14-6-3-2-4-7-14/h2-4,6-7,10-13H,5,8-9H2,1H3,(H,20,22)(H2,19,21,23). The second-order valence-electron chi connectivity index (χ2n) is 5.17. The minimum Gasteiger partial charge on any atom is -0.341 e. The molecular formula is C18H21N3O2. The van der Waals surface area contributed by atoms with Gasteiger partial charge in [-0.05, 0) is 42.7 Å². The van der Waals surface area contributed by atoms with Crippen molar-refractivity contribution in [1.82, 2.24) is 5.32 Å². The molecule has 3 N–H and O–H groups in total. The van der Waals surface area contributed by atoms with Gasteiger partial charge in [0.2, 0.25) is 5.91 Å². The lowest BCUT2D eigenvalue weighted by molar-refractivity contribution is -0.116. The normalized spacial score (nSPS) is 9.96. The molecule has 23 heavy (non-hydrogen) atoms. The number of rotatable bonds is 6. The van der Waals surface area contributed by atoms with E-state index in [1.807, 2.05) is 18.2 Å². The Bertz CT molecular complexity index is 639. The number of amides is 3. The Morgan fingerprint density at radius 1 is 0.870 bits per heavy atom. The topological polar surface area (TPSA) is 70.2 Å². The van der Waals surface area contributed by atoms with E-state index < -0.39 is 0 Å². The minimum atomic E-state index is -0.275. The smallest absolute Gasteiger partial charge is 0.318 e. The Morgan fingerprint density at radius 2 is 1.48 bits per heavy atom. The second-order valence-corrected chi connectivity index (χ2v) is 5.17. The van der Waals surface area contributed by atoms with Crippen LogP contribution in [0.3, 0.4) is 0 Å². The maximum atomic E-state index is 11.9. The van der Waals surface area contributed by atoms with E-state index in [2.05, 4.69) is 28.1 Å². The van der Waals surface area contributed by atoms with Crippen LogP contribution in [0.1, 0.15) is 18.4 Å². The molecule has 0 saturated carbocycles. The first-order valence-electron chi connectivity index (χ1n) is 7.60. The van der Waals surface area contributed by atoms with Crippen LogP contribution in [0.5, 0.6) is 0 Å². The van der Waals surface area contributed by atoms with Crippen LogP contribution in [0.4, 0.5) is 16.2 Å². The molecule has 0 radical (unpaired) electrons. The third-order valence-electron chi connectivity index (χ3n) is 3.37.